The fourth-order valence-electron chi connectivity index (χ4n) is 2.79. The van der Waals surface area contributed by atoms with Crippen LogP contribution in [0.3, 0.4) is 0 Å². The van der Waals surface area contributed by atoms with Crippen molar-refractivity contribution < 1.29 is 0 Å². The third kappa shape index (κ3) is 1.91. The molecule has 0 radical (unpaired) electrons. The van der Waals surface area contributed by atoms with Crippen LogP contribution in [0.15, 0.2) is 18.3 Å². The molecule has 3 heterocycles. The average Bonchev–Trinajstić information content (AvgIpc) is 2.95. The van der Waals surface area contributed by atoms with E-state index in [0.717, 1.165) is 24.4 Å². The molecule has 1 unspecified atom stereocenters. The van der Waals surface area contributed by atoms with Crippen molar-refractivity contribution in [2.45, 2.75) is 26.2 Å². The average molecular weight is 264 g/mol. The first kappa shape index (κ1) is 12.0. The van der Waals surface area contributed by atoms with Gasteiger partial charge in [-0.1, -0.05) is 18.5 Å². The van der Waals surface area contributed by atoms with Crippen LogP contribution in [0.5, 0.6) is 0 Å². The molecule has 4 heteroatoms. The number of rotatable bonds is 2. The summed E-state index contributed by atoms with van der Waals surface area (Å²) in [6, 6.07) is 4.21. The number of likely N-dealkylation sites (tertiary alicyclic amines) is 1. The van der Waals surface area contributed by atoms with Crippen LogP contribution in [-0.2, 0) is 0 Å². The van der Waals surface area contributed by atoms with Gasteiger partial charge in [-0.2, -0.15) is 0 Å². The highest BCUT2D eigenvalue weighted by Gasteiger charge is 2.26. The van der Waals surface area contributed by atoms with Crippen LogP contribution in [0.1, 0.15) is 30.7 Å². The number of aromatic nitrogens is 2. The Hall–Kier alpha value is -1.06. The zero-order valence-corrected chi connectivity index (χ0v) is 11.6. The number of pyridine rings is 1. The summed E-state index contributed by atoms with van der Waals surface area (Å²) in [4.78, 5) is 7.05. The van der Waals surface area contributed by atoms with Gasteiger partial charge in [-0.15, -0.1) is 0 Å². The molecule has 2 aromatic heterocycles. The molecule has 0 aromatic carbocycles. The second kappa shape index (κ2) is 4.56. The molecule has 1 aliphatic heterocycles. The number of nitrogens with zero attached hydrogens (tertiary/aromatic N) is 3. The smallest absolute Gasteiger partial charge is 0.155 e. The van der Waals surface area contributed by atoms with Gasteiger partial charge in [-0.25, -0.2) is 4.98 Å². The molecule has 3 nitrogen and oxygen atoms in total. The van der Waals surface area contributed by atoms with Crippen LogP contribution in [0.25, 0.3) is 5.52 Å². The van der Waals surface area contributed by atoms with Gasteiger partial charge in [0, 0.05) is 18.7 Å². The van der Waals surface area contributed by atoms with E-state index in [2.05, 4.69) is 46.5 Å². The fourth-order valence-corrected chi connectivity index (χ4v) is 3.03. The summed E-state index contributed by atoms with van der Waals surface area (Å²) in [7, 11) is 0. The Morgan fingerprint density at radius 3 is 3.06 bits per heavy atom. The maximum absolute atomic E-state index is 6.25. The Labute approximate surface area is 112 Å². The van der Waals surface area contributed by atoms with Crippen molar-refractivity contribution >= 4 is 17.1 Å². The van der Waals surface area contributed by atoms with Crippen LogP contribution < -0.4 is 0 Å². The lowest BCUT2D eigenvalue weighted by Crippen LogP contribution is -2.19. The molecule has 1 fully saturated rings. The number of likely N-dealkylation sites (N-methyl/N-ethyl adjacent to an activating group) is 1. The molecule has 0 spiro atoms. The minimum Gasteiger partial charge on any atom is -0.303 e. The largest absolute Gasteiger partial charge is 0.303 e. The molecular weight excluding hydrogens is 246 g/mol. The zero-order valence-electron chi connectivity index (χ0n) is 10.9. The van der Waals surface area contributed by atoms with Gasteiger partial charge in [0.1, 0.15) is 5.82 Å². The molecule has 1 atom stereocenters. The predicted octanol–water partition coefficient (Wildman–Crippen LogP) is 3.11. The molecule has 0 bridgehead atoms. The summed E-state index contributed by atoms with van der Waals surface area (Å²) in [5.74, 6) is 1.62. The van der Waals surface area contributed by atoms with Gasteiger partial charge in [0.15, 0.2) is 5.15 Å². The van der Waals surface area contributed by atoms with Gasteiger partial charge >= 0.3 is 0 Å². The summed E-state index contributed by atoms with van der Waals surface area (Å²) in [5, 5.41) is 0.628. The van der Waals surface area contributed by atoms with Gasteiger partial charge in [-0.3, -0.25) is 0 Å². The lowest BCUT2D eigenvalue weighted by Gasteiger charge is -2.12. The molecule has 1 aliphatic rings. The van der Waals surface area contributed by atoms with Gasteiger partial charge in [0.05, 0.1) is 5.52 Å². The van der Waals surface area contributed by atoms with Gasteiger partial charge in [0.25, 0.3) is 0 Å². The normalized spacial score (nSPS) is 20.9. The Kier molecular flexibility index (Phi) is 3.04. The second-order valence-electron chi connectivity index (χ2n) is 5.10. The first-order valence-electron chi connectivity index (χ1n) is 6.55. The molecule has 0 N–H and O–H groups in total. The lowest BCUT2D eigenvalue weighted by atomic mass is 10.1. The van der Waals surface area contributed by atoms with E-state index >= 15 is 0 Å². The number of halogens is 1. The number of imidazole rings is 1. The van der Waals surface area contributed by atoms with Gasteiger partial charge < -0.3 is 9.30 Å². The highest BCUT2D eigenvalue weighted by atomic mass is 35.5. The Morgan fingerprint density at radius 1 is 1.50 bits per heavy atom. The third-order valence-corrected chi connectivity index (χ3v) is 4.14. The number of aryl methyl sites for hydroxylation is 1. The zero-order chi connectivity index (χ0) is 12.7. The maximum atomic E-state index is 6.25. The number of hydrogen-bond donors (Lipinski definition) is 0. The number of fused-ring (bicyclic) bond motifs is 1. The van der Waals surface area contributed by atoms with E-state index in [4.69, 9.17) is 11.6 Å². The SMILES string of the molecule is CCN1CCC(c2nc(Cl)c3cc(C)ccn23)C1. The van der Waals surface area contributed by atoms with Crippen molar-refractivity contribution in [3.8, 4) is 0 Å². The van der Waals surface area contributed by atoms with Crippen molar-refractivity contribution in [1.82, 2.24) is 14.3 Å². The lowest BCUT2D eigenvalue weighted by molar-refractivity contribution is 0.352. The Balaban J connectivity index is 2.03. The maximum Gasteiger partial charge on any atom is 0.155 e. The molecule has 96 valence electrons. The van der Waals surface area contributed by atoms with Gasteiger partial charge in [-0.05, 0) is 44.1 Å². The second-order valence-corrected chi connectivity index (χ2v) is 5.46. The van der Waals surface area contributed by atoms with Gasteiger partial charge in [0.2, 0.25) is 0 Å². The summed E-state index contributed by atoms with van der Waals surface area (Å²) < 4.78 is 2.15. The summed E-state index contributed by atoms with van der Waals surface area (Å²) in [5.41, 5.74) is 2.25. The topological polar surface area (TPSA) is 20.5 Å². The standard InChI is InChI=1S/C14H18ClN3/c1-3-17-6-5-11(9-17)14-16-13(15)12-8-10(2)4-7-18(12)14/h4,7-8,11H,3,5-6,9H2,1-2H3. The van der Waals surface area contributed by atoms with E-state index in [9.17, 15) is 0 Å². The molecule has 0 amide bonds. The highest BCUT2D eigenvalue weighted by Crippen LogP contribution is 2.30. The van der Waals surface area contributed by atoms with Crippen molar-refractivity contribution in [1.29, 1.82) is 0 Å². The molecule has 2 aromatic rings. The van der Waals surface area contributed by atoms with Crippen molar-refractivity contribution in [2.24, 2.45) is 0 Å². The summed E-state index contributed by atoms with van der Waals surface area (Å²) in [6.45, 7) is 7.67. The number of hydrogen-bond acceptors (Lipinski definition) is 2. The molecular formula is C14H18ClN3. The first-order chi connectivity index (χ1) is 8.69. The minimum atomic E-state index is 0.507. The van der Waals surface area contributed by atoms with Crippen LogP contribution in [0, 0.1) is 6.92 Å². The van der Waals surface area contributed by atoms with Crippen molar-refractivity contribution in [3.63, 3.8) is 0 Å². The molecule has 0 aliphatic carbocycles. The minimum absolute atomic E-state index is 0.507. The van der Waals surface area contributed by atoms with Crippen LogP contribution in [0.4, 0.5) is 0 Å². The van der Waals surface area contributed by atoms with E-state index in [1.165, 1.54) is 18.5 Å². The Morgan fingerprint density at radius 2 is 2.33 bits per heavy atom. The molecule has 0 saturated carbocycles. The van der Waals surface area contributed by atoms with Crippen LogP contribution in [0.2, 0.25) is 5.15 Å². The van der Waals surface area contributed by atoms with Crippen molar-refractivity contribution in [2.75, 3.05) is 19.6 Å². The van der Waals surface area contributed by atoms with E-state index < -0.39 is 0 Å². The fraction of sp³-hybridized carbons (Fsp3) is 0.500. The predicted molar refractivity (Wildman–Crippen MR) is 74.4 cm³/mol. The third-order valence-electron chi connectivity index (χ3n) is 3.87. The van der Waals surface area contributed by atoms with Crippen molar-refractivity contribution in [3.05, 3.63) is 34.9 Å². The summed E-state index contributed by atoms with van der Waals surface area (Å²) >= 11 is 6.25. The van der Waals surface area contributed by atoms with Crippen LogP contribution in [-0.4, -0.2) is 33.9 Å². The Bertz CT molecular complexity index is 576. The van der Waals surface area contributed by atoms with E-state index in [1.807, 2.05) is 0 Å². The van der Waals surface area contributed by atoms with E-state index in [1.54, 1.807) is 0 Å². The molecule has 3 rings (SSSR count). The summed E-state index contributed by atoms with van der Waals surface area (Å²) in [6.07, 6.45) is 3.27. The van der Waals surface area contributed by atoms with E-state index in [-0.39, 0.29) is 0 Å². The van der Waals surface area contributed by atoms with Crippen LogP contribution >= 0.6 is 11.6 Å². The molecule has 18 heavy (non-hydrogen) atoms. The highest BCUT2D eigenvalue weighted by molar-refractivity contribution is 6.32. The molecule has 1 saturated heterocycles. The quantitative estimate of drug-likeness (QED) is 0.830. The monoisotopic (exact) mass is 263 g/mol. The van der Waals surface area contributed by atoms with E-state index in [0.29, 0.717) is 11.1 Å². The first-order valence-corrected chi connectivity index (χ1v) is 6.93.